The predicted octanol–water partition coefficient (Wildman–Crippen LogP) is 2.07. The highest BCUT2D eigenvalue weighted by Gasteiger charge is 2.09. The molecule has 0 aliphatic rings. The lowest BCUT2D eigenvalue weighted by molar-refractivity contribution is 0.224. The molecule has 1 aromatic carbocycles. The molecule has 0 aliphatic carbocycles. The molecule has 0 radical (unpaired) electrons. The molecule has 1 N–H and O–H groups in total. The van der Waals surface area contributed by atoms with Crippen LogP contribution in [0.4, 0.5) is 4.79 Å². The maximum absolute atomic E-state index is 12.1. The summed E-state index contributed by atoms with van der Waals surface area (Å²) in [6.45, 7) is 0. The van der Waals surface area contributed by atoms with Gasteiger partial charge in [0, 0.05) is 14.1 Å². The van der Waals surface area contributed by atoms with E-state index >= 15 is 0 Å². The van der Waals surface area contributed by atoms with E-state index in [0.29, 0.717) is 15.9 Å². The molecule has 2 rings (SSSR count). The average molecular weight is 264 g/mol. The number of fused-ring (bicyclic) bond motifs is 1. The normalized spacial score (nSPS) is 10.3. The molecule has 2 amide bonds. The van der Waals surface area contributed by atoms with Crippen molar-refractivity contribution >= 4 is 28.9 Å². The standard InChI is InChI=1S/C12H12N2O3S/c1-14(2)12(16)13-18-10-7-17-9-6-4-3-5-8(9)11(10)15/h3-7H,1-2H3,(H,13,16). The Morgan fingerprint density at radius 3 is 2.78 bits per heavy atom. The highest BCUT2D eigenvalue weighted by Crippen LogP contribution is 2.16. The number of para-hydroxylation sites is 1. The van der Waals surface area contributed by atoms with Gasteiger partial charge in [0.15, 0.2) is 0 Å². The zero-order valence-electron chi connectivity index (χ0n) is 9.97. The molecule has 5 nitrogen and oxygen atoms in total. The Labute approximate surface area is 108 Å². The second kappa shape index (κ2) is 5.14. The summed E-state index contributed by atoms with van der Waals surface area (Å²) in [5.74, 6) is 0. The van der Waals surface area contributed by atoms with Crippen molar-refractivity contribution < 1.29 is 9.21 Å². The Bertz CT molecular complexity index is 637. The minimum atomic E-state index is -0.285. The van der Waals surface area contributed by atoms with E-state index in [2.05, 4.69) is 4.72 Å². The molecule has 0 aliphatic heterocycles. The lowest BCUT2D eigenvalue weighted by Gasteiger charge is -2.10. The maximum atomic E-state index is 12.1. The van der Waals surface area contributed by atoms with Gasteiger partial charge < -0.3 is 9.32 Å². The number of rotatable bonds is 2. The van der Waals surface area contributed by atoms with Crippen LogP contribution in [0.3, 0.4) is 0 Å². The fourth-order valence-electron chi connectivity index (χ4n) is 1.32. The third-order valence-electron chi connectivity index (χ3n) is 2.30. The molecular weight excluding hydrogens is 252 g/mol. The molecule has 1 aromatic heterocycles. The summed E-state index contributed by atoms with van der Waals surface area (Å²) in [4.78, 5) is 25.2. The van der Waals surface area contributed by atoms with E-state index in [1.807, 2.05) is 0 Å². The molecule has 0 bridgehead atoms. The Morgan fingerprint density at radius 2 is 2.06 bits per heavy atom. The van der Waals surface area contributed by atoms with Gasteiger partial charge in [0.05, 0.1) is 5.39 Å². The zero-order valence-corrected chi connectivity index (χ0v) is 10.8. The van der Waals surface area contributed by atoms with Crippen molar-refractivity contribution in [1.29, 1.82) is 0 Å². The molecule has 0 fully saturated rings. The Kier molecular flexibility index (Phi) is 3.57. The third kappa shape index (κ3) is 2.48. The molecule has 0 saturated carbocycles. The third-order valence-corrected chi connectivity index (χ3v) is 3.08. The molecule has 0 saturated heterocycles. The second-order valence-electron chi connectivity index (χ2n) is 3.83. The lowest BCUT2D eigenvalue weighted by atomic mass is 10.2. The minimum Gasteiger partial charge on any atom is -0.463 e. The number of carbonyl (C=O) groups is 1. The number of carbonyl (C=O) groups excluding carboxylic acids is 1. The first-order valence-corrected chi connectivity index (χ1v) is 6.06. The highest BCUT2D eigenvalue weighted by atomic mass is 32.2. The van der Waals surface area contributed by atoms with E-state index in [1.165, 1.54) is 11.2 Å². The average Bonchev–Trinajstić information content (AvgIpc) is 2.38. The van der Waals surface area contributed by atoms with Gasteiger partial charge in [0.1, 0.15) is 16.7 Å². The van der Waals surface area contributed by atoms with Crippen LogP contribution < -0.4 is 10.2 Å². The van der Waals surface area contributed by atoms with Gasteiger partial charge in [-0.1, -0.05) is 12.1 Å². The summed E-state index contributed by atoms with van der Waals surface area (Å²) < 4.78 is 7.88. The smallest absolute Gasteiger partial charge is 0.327 e. The van der Waals surface area contributed by atoms with E-state index in [0.717, 1.165) is 11.9 Å². The molecule has 94 valence electrons. The molecule has 0 spiro atoms. The first-order valence-electron chi connectivity index (χ1n) is 5.24. The van der Waals surface area contributed by atoms with Crippen LogP contribution >= 0.6 is 11.9 Å². The summed E-state index contributed by atoms with van der Waals surface area (Å²) >= 11 is 0.951. The van der Waals surface area contributed by atoms with Gasteiger partial charge in [-0.05, 0) is 24.1 Å². The van der Waals surface area contributed by atoms with E-state index in [-0.39, 0.29) is 11.5 Å². The highest BCUT2D eigenvalue weighted by molar-refractivity contribution is 7.98. The molecule has 1 heterocycles. The van der Waals surface area contributed by atoms with Gasteiger partial charge in [-0.25, -0.2) is 4.79 Å². The molecule has 0 unspecified atom stereocenters. The van der Waals surface area contributed by atoms with Crippen LogP contribution in [0, 0.1) is 0 Å². The summed E-state index contributed by atoms with van der Waals surface area (Å²) in [5, 5.41) is 0.501. The number of amides is 2. The van der Waals surface area contributed by atoms with Gasteiger partial charge in [0.2, 0.25) is 5.43 Å². The van der Waals surface area contributed by atoms with Crippen molar-refractivity contribution in [3.8, 4) is 0 Å². The maximum Gasteiger partial charge on any atom is 0.327 e. The van der Waals surface area contributed by atoms with Crippen molar-refractivity contribution in [3.63, 3.8) is 0 Å². The van der Waals surface area contributed by atoms with Gasteiger partial charge in [0.25, 0.3) is 0 Å². The van der Waals surface area contributed by atoms with Crippen molar-refractivity contribution in [1.82, 2.24) is 9.62 Å². The van der Waals surface area contributed by atoms with Crippen molar-refractivity contribution in [2.45, 2.75) is 4.90 Å². The number of hydrogen-bond donors (Lipinski definition) is 1. The van der Waals surface area contributed by atoms with Crippen LogP contribution in [0.1, 0.15) is 0 Å². The van der Waals surface area contributed by atoms with Crippen LogP contribution in [0.15, 0.2) is 44.6 Å². The van der Waals surface area contributed by atoms with Gasteiger partial charge in [-0.15, -0.1) is 0 Å². The van der Waals surface area contributed by atoms with Crippen molar-refractivity contribution in [2.75, 3.05) is 14.1 Å². The van der Waals surface area contributed by atoms with Gasteiger partial charge in [-0.2, -0.15) is 0 Å². The first kappa shape index (κ1) is 12.5. The zero-order chi connectivity index (χ0) is 13.1. The van der Waals surface area contributed by atoms with E-state index in [1.54, 1.807) is 38.4 Å². The second-order valence-corrected chi connectivity index (χ2v) is 4.68. The minimum absolute atomic E-state index is 0.152. The number of nitrogens with zero attached hydrogens (tertiary/aromatic N) is 1. The monoisotopic (exact) mass is 264 g/mol. The fourth-order valence-corrected chi connectivity index (χ4v) is 2.00. The van der Waals surface area contributed by atoms with Crippen LogP contribution in [0.2, 0.25) is 0 Å². The van der Waals surface area contributed by atoms with Crippen LogP contribution in [0.25, 0.3) is 11.0 Å². The summed E-state index contributed by atoms with van der Waals surface area (Å²) in [5.41, 5.74) is 0.381. The van der Waals surface area contributed by atoms with Crippen LogP contribution in [-0.2, 0) is 0 Å². The Balaban J connectivity index is 2.27. The number of benzene rings is 1. The number of urea groups is 1. The molecular formula is C12H12N2O3S. The van der Waals surface area contributed by atoms with E-state index in [4.69, 9.17) is 4.42 Å². The molecule has 18 heavy (non-hydrogen) atoms. The van der Waals surface area contributed by atoms with Crippen molar-refractivity contribution in [3.05, 3.63) is 40.8 Å². The van der Waals surface area contributed by atoms with Crippen LogP contribution in [0.5, 0.6) is 0 Å². The summed E-state index contributed by atoms with van der Waals surface area (Å²) in [7, 11) is 3.25. The van der Waals surface area contributed by atoms with Gasteiger partial charge >= 0.3 is 6.03 Å². The summed E-state index contributed by atoms with van der Waals surface area (Å²) in [6, 6.07) is 6.70. The van der Waals surface area contributed by atoms with Gasteiger partial charge in [-0.3, -0.25) is 9.52 Å². The largest absolute Gasteiger partial charge is 0.463 e. The predicted molar refractivity (Wildman–Crippen MR) is 70.6 cm³/mol. The number of nitrogens with one attached hydrogen (secondary N) is 1. The molecule has 6 heteroatoms. The Hall–Kier alpha value is -1.95. The quantitative estimate of drug-likeness (QED) is 0.843. The number of hydrogen-bond acceptors (Lipinski definition) is 4. The van der Waals surface area contributed by atoms with Crippen LogP contribution in [-0.4, -0.2) is 25.0 Å². The molecule has 0 atom stereocenters. The van der Waals surface area contributed by atoms with E-state index in [9.17, 15) is 9.59 Å². The molecule has 2 aromatic rings. The SMILES string of the molecule is CN(C)C(=O)NSc1coc2ccccc2c1=O. The van der Waals surface area contributed by atoms with Crippen molar-refractivity contribution in [2.24, 2.45) is 0 Å². The Morgan fingerprint density at radius 1 is 1.33 bits per heavy atom. The lowest BCUT2D eigenvalue weighted by Crippen LogP contribution is -2.30. The topological polar surface area (TPSA) is 62.6 Å². The first-order chi connectivity index (χ1) is 8.59. The summed E-state index contributed by atoms with van der Waals surface area (Å²) in [6.07, 6.45) is 1.35. The fraction of sp³-hybridized carbons (Fsp3) is 0.167. The van der Waals surface area contributed by atoms with E-state index < -0.39 is 0 Å².